The van der Waals surface area contributed by atoms with Crippen molar-refractivity contribution in [2.24, 2.45) is 5.73 Å². The Bertz CT molecular complexity index is 351. The Morgan fingerprint density at radius 3 is 2.35 bits per heavy atom. The molecule has 0 heterocycles. The number of unbranched alkanes of at least 4 members (excludes halogenated alkanes) is 6. The third-order valence-electron chi connectivity index (χ3n) is 3.85. The average Bonchev–Trinajstić information content (AvgIpc) is 2.47. The predicted molar refractivity (Wildman–Crippen MR) is 87.3 cm³/mol. The molecule has 0 radical (unpaired) electrons. The molecule has 0 aliphatic rings. The fourth-order valence-electron chi connectivity index (χ4n) is 2.62. The van der Waals surface area contributed by atoms with Gasteiger partial charge in [0.15, 0.2) is 0 Å². The number of nitrogens with two attached hydrogens (primary N) is 1. The molecule has 1 rings (SSSR count). The molecule has 1 aromatic carbocycles. The Balaban J connectivity index is 2.15. The summed E-state index contributed by atoms with van der Waals surface area (Å²) >= 11 is 0. The monoisotopic (exact) mass is 277 g/mol. The molecule has 0 aromatic heterocycles. The van der Waals surface area contributed by atoms with E-state index in [9.17, 15) is 0 Å². The molecule has 0 spiro atoms. The molecule has 2 nitrogen and oxygen atoms in total. The Labute approximate surface area is 124 Å². The zero-order valence-corrected chi connectivity index (χ0v) is 13.2. The van der Waals surface area contributed by atoms with Crippen molar-refractivity contribution in [2.75, 3.05) is 7.11 Å². The van der Waals surface area contributed by atoms with Gasteiger partial charge < -0.3 is 10.5 Å². The minimum Gasteiger partial charge on any atom is -0.496 e. The van der Waals surface area contributed by atoms with Crippen LogP contribution >= 0.6 is 0 Å². The van der Waals surface area contributed by atoms with Crippen LogP contribution in [-0.4, -0.2) is 13.2 Å². The zero-order chi connectivity index (χ0) is 14.6. The van der Waals surface area contributed by atoms with Gasteiger partial charge in [-0.2, -0.15) is 0 Å². The second-order valence-electron chi connectivity index (χ2n) is 5.69. The van der Waals surface area contributed by atoms with Crippen LogP contribution in [-0.2, 0) is 6.42 Å². The summed E-state index contributed by atoms with van der Waals surface area (Å²) in [4.78, 5) is 0. The van der Waals surface area contributed by atoms with Gasteiger partial charge in [0.05, 0.1) is 7.11 Å². The predicted octanol–water partition coefficient (Wildman–Crippen LogP) is 4.71. The molecule has 0 aliphatic carbocycles. The summed E-state index contributed by atoms with van der Waals surface area (Å²) in [6, 6.07) is 8.43. The average molecular weight is 277 g/mol. The van der Waals surface area contributed by atoms with Gasteiger partial charge >= 0.3 is 0 Å². The Morgan fingerprint density at radius 2 is 1.65 bits per heavy atom. The highest BCUT2D eigenvalue weighted by atomic mass is 16.5. The van der Waals surface area contributed by atoms with Gasteiger partial charge in [0.25, 0.3) is 0 Å². The quantitative estimate of drug-likeness (QED) is 0.595. The molecule has 1 unspecified atom stereocenters. The lowest BCUT2D eigenvalue weighted by atomic mass is 9.99. The molecule has 2 N–H and O–H groups in total. The number of ether oxygens (including phenoxy) is 1. The van der Waals surface area contributed by atoms with Crippen molar-refractivity contribution in [1.82, 2.24) is 0 Å². The number of methoxy groups -OCH3 is 1. The van der Waals surface area contributed by atoms with Crippen LogP contribution < -0.4 is 10.5 Å². The molecule has 1 atom stereocenters. The van der Waals surface area contributed by atoms with Gasteiger partial charge in [0, 0.05) is 6.04 Å². The van der Waals surface area contributed by atoms with E-state index < -0.39 is 0 Å². The SMILES string of the molecule is CCCCCCCCCC(N)Cc1ccccc1OC. The van der Waals surface area contributed by atoms with E-state index in [0.717, 1.165) is 18.6 Å². The third kappa shape index (κ3) is 6.95. The zero-order valence-electron chi connectivity index (χ0n) is 13.2. The van der Waals surface area contributed by atoms with Crippen LogP contribution in [0.2, 0.25) is 0 Å². The van der Waals surface area contributed by atoms with Gasteiger partial charge in [-0.3, -0.25) is 0 Å². The number of hydrogen-bond donors (Lipinski definition) is 1. The number of para-hydroxylation sites is 1. The molecule has 0 amide bonds. The van der Waals surface area contributed by atoms with E-state index in [1.807, 2.05) is 12.1 Å². The number of rotatable bonds is 11. The Hall–Kier alpha value is -1.02. The van der Waals surface area contributed by atoms with Crippen molar-refractivity contribution in [3.05, 3.63) is 29.8 Å². The first-order valence-electron chi connectivity index (χ1n) is 8.15. The molecule has 20 heavy (non-hydrogen) atoms. The van der Waals surface area contributed by atoms with Gasteiger partial charge in [-0.25, -0.2) is 0 Å². The smallest absolute Gasteiger partial charge is 0.122 e. The maximum atomic E-state index is 6.24. The van der Waals surface area contributed by atoms with E-state index in [2.05, 4.69) is 19.1 Å². The van der Waals surface area contributed by atoms with Gasteiger partial charge in [0.2, 0.25) is 0 Å². The molecule has 0 bridgehead atoms. The summed E-state index contributed by atoms with van der Waals surface area (Å²) in [5.74, 6) is 0.961. The van der Waals surface area contributed by atoms with Gasteiger partial charge in [-0.05, 0) is 24.5 Å². The Kier molecular flexibility index (Phi) is 9.14. The van der Waals surface area contributed by atoms with E-state index in [1.54, 1.807) is 7.11 Å². The summed E-state index contributed by atoms with van der Waals surface area (Å²) in [6.07, 6.45) is 11.5. The molecule has 0 saturated carbocycles. The highest BCUT2D eigenvalue weighted by Crippen LogP contribution is 2.20. The fraction of sp³-hybridized carbons (Fsp3) is 0.667. The van der Waals surface area contributed by atoms with Crippen molar-refractivity contribution < 1.29 is 4.74 Å². The normalized spacial score (nSPS) is 12.3. The first-order valence-corrected chi connectivity index (χ1v) is 8.15. The summed E-state index contributed by atoms with van der Waals surface area (Å²) < 4.78 is 5.37. The fourth-order valence-corrected chi connectivity index (χ4v) is 2.62. The van der Waals surface area contributed by atoms with Gasteiger partial charge in [-0.1, -0.05) is 70.1 Å². The molecule has 0 aliphatic heterocycles. The van der Waals surface area contributed by atoms with Crippen LogP contribution in [0.1, 0.15) is 63.9 Å². The lowest BCUT2D eigenvalue weighted by Gasteiger charge is -2.14. The van der Waals surface area contributed by atoms with Crippen LogP contribution in [0.25, 0.3) is 0 Å². The lowest BCUT2D eigenvalue weighted by Crippen LogP contribution is -2.22. The van der Waals surface area contributed by atoms with E-state index in [-0.39, 0.29) is 6.04 Å². The van der Waals surface area contributed by atoms with E-state index >= 15 is 0 Å². The standard InChI is InChI=1S/C18H31NO/c1-3-4-5-6-7-8-9-13-17(19)15-16-12-10-11-14-18(16)20-2/h10-12,14,17H,3-9,13,15,19H2,1-2H3. The van der Waals surface area contributed by atoms with Crippen molar-refractivity contribution in [1.29, 1.82) is 0 Å². The number of hydrogen-bond acceptors (Lipinski definition) is 2. The van der Waals surface area contributed by atoms with Crippen molar-refractivity contribution in [3.63, 3.8) is 0 Å². The molecular weight excluding hydrogens is 246 g/mol. The van der Waals surface area contributed by atoms with Crippen LogP contribution in [0.5, 0.6) is 5.75 Å². The summed E-state index contributed by atoms with van der Waals surface area (Å²) in [6.45, 7) is 2.26. The lowest BCUT2D eigenvalue weighted by molar-refractivity contribution is 0.406. The highest BCUT2D eigenvalue weighted by molar-refractivity contribution is 5.33. The maximum Gasteiger partial charge on any atom is 0.122 e. The van der Waals surface area contributed by atoms with Crippen LogP contribution in [0.4, 0.5) is 0 Å². The van der Waals surface area contributed by atoms with E-state index in [4.69, 9.17) is 10.5 Å². The Morgan fingerprint density at radius 1 is 1.00 bits per heavy atom. The largest absolute Gasteiger partial charge is 0.496 e. The van der Waals surface area contributed by atoms with Crippen molar-refractivity contribution in [3.8, 4) is 5.75 Å². The van der Waals surface area contributed by atoms with Crippen molar-refractivity contribution in [2.45, 2.75) is 70.8 Å². The summed E-state index contributed by atoms with van der Waals surface area (Å²) in [7, 11) is 1.72. The third-order valence-corrected chi connectivity index (χ3v) is 3.85. The summed E-state index contributed by atoms with van der Waals surface area (Å²) in [5.41, 5.74) is 7.46. The molecule has 2 heteroatoms. The molecular formula is C18H31NO. The van der Waals surface area contributed by atoms with Crippen LogP contribution in [0, 0.1) is 0 Å². The highest BCUT2D eigenvalue weighted by Gasteiger charge is 2.08. The number of benzene rings is 1. The molecule has 114 valence electrons. The van der Waals surface area contributed by atoms with Crippen LogP contribution in [0.15, 0.2) is 24.3 Å². The minimum absolute atomic E-state index is 0.252. The van der Waals surface area contributed by atoms with Gasteiger partial charge in [0.1, 0.15) is 5.75 Å². The summed E-state index contributed by atoms with van der Waals surface area (Å²) in [5, 5.41) is 0. The first-order chi connectivity index (χ1) is 9.77. The molecule has 0 fully saturated rings. The van der Waals surface area contributed by atoms with Crippen molar-refractivity contribution >= 4 is 0 Å². The first kappa shape index (κ1) is 17.0. The van der Waals surface area contributed by atoms with Crippen LogP contribution in [0.3, 0.4) is 0 Å². The second kappa shape index (κ2) is 10.7. The topological polar surface area (TPSA) is 35.2 Å². The minimum atomic E-state index is 0.252. The van der Waals surface area contributed by atoms with E-state index in [1.165, 1.54) is 50.5 Å². The molecule has 0 saturated heterocycles. The van der Waals surface area contributed by atoms with E-state index in [0.29, 0.717) is 0 Å². The van der Waals surface area contributed by atoms with Gasteiger partial charge in [-0.15, -0.1) is 0 Å². The second-order valence-corrected chi connectivity index (χ2v) is 5.69. The molecule has 1 aromatic rings. The maximum absolute atomic E-state index is 6.24.